The van der Waals surface area contributed by atoms with Gasteiger partial charge in [0.2, 0.25) is 0 Å². The van der Waals surface area contributed by atoms with Crippen molar-refractivity contribution in [2.75, 3.05) is 0 Å². The van der Waals surface area contributed by atoms with Gasteiger partial charge in [-0.25, -0.2) is 9.78 Å². The fourth-order valence-electron chi connectivity index (χ4n) is 3.92. The van der Waals surface area contributed by atoms with Crippen LogP contribution in [0, 0.1) is 6.92 Å². The highest BCUT2D eigenvalue weighted by molar-refractivity contribution is 7.19. The lowest BCUT2D eigenvalue weighted by Gasteiger charge is -2.09. The van der Waals surface area contributed by atoms with Crippen LogP contribution in [0.2, 0.25) is 0 Å². The van der Waals surface area contributed by atoms with Gasteiger partial charge in [0.25, 0.3) is 0 Å². The van der Waals surface area contributed by atoms with Crippen LogP contribution >= 0.6 is 11.3 Å². The minimum atomic E-state index is -0.153. The Bertz CT molecular complexity index is 1400. The first-order chi connectivity index (χ1) is 14.7. The van der Waals surface area contributed by atoms with Gasteiger partial charge in [0.05, 0.1) is 5.39 Å². The topological polar surface area (TPSA) is 65.1 Å². The van der Waals surface area contributed by atoms with Crippen molar-refractivity contribution < 1.29 is 0 Å². The van der Waals surface area contributed by atoms with Crippen molar-refractivity contribution in [1.29, 1.82) is 0 Å². The highest BCUT2D eigenvalue weighted by atomic mass is 32.1. The summed E-state index contributed by atoms with van der Waals surface area (Å²) in [5, 5.41) is 5.61. The Balaban J connectivity index is 1.74. The van der Waals surface area contributed by atoms with Gasteiger partial charge in [-0.3, -0.25) is 9.55 Å². The van der Waals surface area contributed by atoms with Gasteiger partial charge < -0.3 is 0 Å². The summed E-state index contributed by atoms with van der Waals surface area (Å²) in [7, 11) is 0. The molecule has 0 N–H and O–H groups in total. The molecule has 4 heterocycles. The number of aryl methyl sites for hydroxylation is 4. The molecule has 1 aromatic carbocycles. The quantitative estimate of drug-likeness (QED) is 0.430. The van der Waals surface area contributed by atoms with Gasteiger partial charge in [0.15, 0.2) is 11.5 Å². The summed E-state index contributed by atoms with van der Waals surface area (Å²) in [4.78, 5) is 24.6. The lowest BCUT2D eigenvalue weighted by Crippen LogP contribution is -2.28. The van der Waals surface area contributed by atoms with Gasteiger partial charge in [-0.05, 0) is 43.0 Å². The zero-order chi connectivity index (χ0) is 20.7. The van der Waals surface area contributed by atoms with Crippen LogP contribution < -0.4 is 5.69 Å². The van der Waals surface area contributed by atoms with E-state index in [0.29, 0.717) is 18.0 Å². The lowest BCUT2D eigenvalue weighted by atomic mass is 10.1. The second kappa shape index (κ2) is 7.50. The highest BCUT2D eigenvalue weighted by Crippen LogP contribution is 2.33. The summed E-state index contributed by atoms with van der Waals surface area (Å²) in [5.41, 5.74) is 3.72. The molecule has 0 aliphatic rings. The summed E-state index contributed by atoms with van der Waals surface area (Å²) in [5.74, 6) is 0.521. The maximum atomic E-state index is 13.4. The largest absolute Gasteiger partial charge is 0.351 e. The molecule has 0 saturated heterocycles. The first-order valence-electron chi connectivity index (χ1n) is 10.0. The molecule has 5 aromatic rings. The Morgan fingerprint density at radius 2 is 1.93 bits per heavy atom. The molecule has 0 amide bonds. The molecule has 0 unspecified atom stereocenters. The average molecular weight is 416 g/mol. The molecule has 0 fully saturated rings. The lowest BCUT2D eigenvalue weighted by molar-refractivity contribution is 0.654. The van der Waals surface area contributed by atoms with Gasteiger partial charge in [-0.15, -0.1) is 16.4 Å². The number of thiophene rings is 1. The van der Waals surface area contributed by atoms with Crippen molar-refractivity contribution in [2.45, 2.75) is 33.2 Å². The molecule has 0 bridgehead atoms. The third-order valence-electron chi connectivity index (χ3n) is 5.42. The number of fused-ring (bicyclic) bond motifs is 3. The number of hydrogen-bond donors (Lipinski definition) is 0. The van der Waals surface area contributed by atoms with Gasteiger partial charge in [0, 0.05) is 29.4 Å². The van der Waals surface area contributed by atoms with Crippen molar-refractivity contribution in [3.8, 4) is 11.4 Å². The molecule has 6 nitrogen and oxygen atoms in total. The molecule has 0 saturated carbocycles. The van der Waals surface area contributed by atoms with E-state index in [1.54, 1.807) is 23.7 Å². The Hall–Kier alpha value is -3.32. The van der Waals surface area contributed by atoms with E-state index >= 15 is 0 Å². The molecule has 0 atom stereocenters. The van der Waals surface area contributed by atoms with Crippen molar-refractivity contribution in [3.05, 3.63) is 81.3 Å². The van der Waals surface area contributed by atoms with Crippen LogP contribution in [0.3, 0.4) is 0 Å². The number of rotatable bonds is 5. The summed E-state index contributed by atoms with van der Waals surface area (Å²) in [6.07, 6.45) is 5.10. The second-order valence-corrected chi connectivity index (χ2v) is 8.46. The van der Waals surface area contributed by atoms with E-state index in [-0.39, 0.29) is 5.69 Å². The Morgan fingerprint density at radius 1 is 1.10 bits per heavy atom. The first-order valence-corrected chi connectivity index (χ1v) is 10.8. The Morgan fingerprint density at radius 3 is 2.67 bits per heavy atom. The van der Waals surface area contributed by atoms with Crippen molar-refractivity contribution in [2.24, 2.45) is 0 Å². The maximum absolute atomic E-state index is 13.4. The summed E-state index contributed by atoms with van der Waals surface area (Å²) < 4.78 is 3.31. The normalized spacial score (nSPS) is 11.5. The summed E-state index contributed by atoms with van der Waals surface area (Å²) in [6, 6.07) is 14.0. The van der Waals surface area contributed by atoms with E-state index in [2.05, 4.69) is 36.1 Å². The highest BCUT2D eigenvalue weighted by Gasteiger charge is 2.21. The minimum absolute atomic E-state index is 0.153. The molecular formula is C23H21N5OS. The molecule has 150 valence electrons. The SMILES string of the molecule is CCc1c(C)sc2c1c1nc(-c3cccnc3)nn1c(=O)n2CCc1ccccc1. The molecule has 30 heavy (non-hydrogen) atoms. The van der Waals surface area contributed by atoms with E-state index in [1.165, 1.54) is 20.5 Å². The zero-order valence-electron chi connectivity index (χ0n) is 16.9. The van der Waals surface area contributed by atoms with Crippen LogP contribution in [0.5, 0.6) is 0 Å². The Kier molecular flexibility index (Phi) is 4.67. The molecular weight excluding hydrogens is 394 g/mol. The third-order valence-corrected chi connectivity index (χ3v) is 6.59. The smallest absolute Gasteiger partial charge is 0.283 e. The third kappa shape index (κ3) is 3.02. The zero-order valence-corrected chi connectivity index (χ0v) is 17.7. The first kappa shape index (κ1) is 18.7. The van der Waals surface area contributed by atoms with E-state index < -0.39 is 0 Å². The van der Waals surface area contributed by atoms with Gasteiger partial charge in [-0.1, -0.05) is 37.3 Å². The van der Waals surface area contributed by atoms with Crippen LogP contribution in [-0.2, 0) is 19.4 Å². The molecule has 5 rings (SSSR count). The fraction of sp³-hybridized carbons (Fsp3) is 0.217. The molecule has 0 radical (unpaired) electrons. The van der Waals surface area contributed by atoms with Crippen LogP contribution in [0.15, 0.2) is 59.7 Å². The van der Waals surface area contributed by atoms with Gasteiger partial charge in [0.1, 0.15) is 4.83 Å². The molecule has 0 spiro atoms. The molecule has 0 aliphatic carbocycles. The Labute approximate surface area is 177 Å². The van der Waals surface area contributed by atoms with Gasteiger partial charge >= 0.3 is 5.69 Å². The maximum Gasteiger partial charge on any atom is 0.351 e. The second-order valence-electron chi connectivity index (χ2n) is 7.25. The predicted molar refractivity (Wildman–Crippen MR) is 120 cm³/mol. The van der Waals surface area contributed by atoms with E-state index in [9.17, 15) is 4.79 Å². The molecule has 0 aliphatic heterocycles. The standard InChI is InChI=1S/C23H21N5OS/c1-3-18-15(2)30-22-19(18)21-25-20(17-10-7-12-24-14-17)26-28(21)23(29)27(22)13-11-16-8-5-4-6-9-16/h4-10,12,14H,3,11,13H2,1-2H3. The number of benzene rings is 1. The van der Waals surface area contributed by atoms with Crippen molar-refractivity contribution in [1.82, 2.24) is 24.1 Å². The predicted octanol–water partition coefficient (Wildman–Crippen LogP) is 4.28. The van der Waals surface area contributed by atoms with E-state index in [4.69, 9.17) is 4.98 Å². The van der Waals surface area contributed by atoms with E-state index in [0.717, 1.165) is 28.6 Å². The average Bonchev–Trinajstić information content (AvgIpc) is 3.36. The van der Waals surface area contributed by atoms with Crippen LogP contribution in [-0.4, -0.2) is 24.1 Å². The van der Waals surface area contributed by atoms with E-state index in [1.807, 2.05) is 34.9 Å². The number of pyridine rings is 1. The molecule has 7 heteroatoms. The van der Waals surface area contributed by atoms with Crippen LogP contribution in [0.1, 0.15) is 22.9 Å². The number of hydrogen-bond acceptors (Lipinski definition) is 5. The number of nitrogens with zero attached hydrogens (tertiary/aromatic N) is 5. The monoisotopic (exact) mass is 415 g/mol. The minimum Gasteiger partial charge on any atom is -0.283 e. The van der Waals surface area contributed by atoms with Crippen LogP contribution in [0.25, 0.3) is 27.3 Å². The van der Waals surface area contributed by atoms with Crippen LogP contribution in [0.4, 0.5) is 0 Å². The van der Waals surface area contributed by atoms with Crippen molar-refractivity contribution >= 4 is 27.2 Å². The molecule has 4 aromatic heterocycles. The summed E-state index contributed by atoms with van der Waals surface area (Å²) >= 11 is 1.67. The fourth-order valence-corrected chi connectivity index (χ4v) is 5.17. The number of aromatic nitrogens is 5. The van der Waals surface area contributed by atoms with Crippen molar-refractivity contribution in [3.63, 3.8) is 0 Å². The summed E-state index contributed by atoms with van der Waals surface area (Å²) in [6.45, 7) is 4.85. The van der Waals surface area contributed by atoms with Gasteiger partial charge in [-0.2, -0.15) is 4.52 Å².